The Morgan fingerprint density at radius 3 is 2.78 bits per heavy atom. The van der Waals surface area contributed by atoms with E-state index in [4.69, 9.17) is 10.5 Å². The zero-order chi connectivity index (χ0) is 13.8. The second-order valence-electron chi connectivity index (χ2n) is 4.83. The van der Waals surface area contributed by atoms with E-state index in [1.165, 1.54) is 18.3 Å². The minimum Gasteiger partial charge on any atom is -0.444 e. The van der Waals surface area contributed by atoms with E-state index in [0.29, 0.717) is 5.69 Å². The molecule has 1 amide bonds. The Morgan fingerprint density at radius 2 is 2.28 bits per heavy atom. The largest absolute Gasteiger partial charge is 0.444 e. The average Bonchev–Trinajstić information content (AvgIpc) is 2.23. The molecule has 6 heteroatoms. The number of nitrogens with two attached hydrogens (primary N) is 1. The van der Waals surface area contributed by atoms with Gasteiger partial charge in [0, 0.05) is 12.7 Å². The van der Waals surface area contributed by atoms with Crippen LogP contribution in [-0.4, -0.2) is 23.2 Å². The summed E-state index contributed by atoms with van der Waals surface area (Å²) in [5.74, 6) is -0.426. The minimum atomic E-state index is -0.607. The number of alkyl carbamates (subject to hydrolysis) is 1. The lowest BCUT2D eigenvalue weighted by Crippen LogP contribution is -2.38. The van der Waals surface area contributed by atoms with Crippen LogP contribution in [0.4, 0.5) is 9.18 Å². The molecule has 0 aliphatic heterocycles. The molecule has 0 aliphatic carbocycles. The number of hydrogen-bond acceptors (Lipinski definition) is 4. The summed E-state index contributed by atoms with van der Waals surface area (Å²) in [4.78, 5) is 15.5. The molecule has 0 aliphatic rings. The van der Waals surface area contributed by atoms with Crippen molar-refractivity contribution in [2.75, 3.05) is 6.54 Å². The standard InChI is InChI=1S/C12H18FN3O2/c1-12(2,3)18-11(17)16-10(7-14)9-6-8(13)4-5-15-9/h4-6,10H,7,14H2,1-3H3,(H,16,17). The van der Waals surface area contributed by atoms with Crippen LogP contribution >= 0.6 is 0 Å². The zero-order valence-electron chi connectivity index (χ0n) is 10.7. The number of nitrogens with zero attached hydrogens (tertiary/aromatic N) is 1. The van der Waals surface area contributed by atoms with E-state index in [-0.39, 0.29) is 6.54 Å². The highest BCUT2D eigenvalue weighted by molar-refractivity contribution is 5.68. The highest BCUT2D eigenvalue weighted by Crippen LogP contribution is 2.12. The molecule has 0 fully saturated rings. The topological polar surface area (TPSA) is 77.2 Å². The van der Waals surface area contributed by atoms with Crippen molar-refractivity contribution in [3.05, 3.63) is 29.8 Å². The van der Waals surface area contributed by atoms with Gasteiger partial charge in [-0.3, -0.25) is 4.98 Å². The summed E-state index contributed by atoms with van der Waals surface area (Å²) in [5, 5.41) is 2.55. The Labute approximate surface area is 106 Å². The molecule has 3 N–H and O–H groups in total. The number of carbonyl (C=O) groups is 1. The Hall–Kier alpha value is -1.69. The fourth-order valence-electron chi connectivity index (χ4n) is 1.32. The molecule has 0 saturated carbocycles. The molecule has 1 aromatic rings. The molecule has 18 heavy (non-hydrogen) atoms. The molecule has 100 valence electrons. The summed E-state index contributed by atoms with van der Waals surface area (Å²) in [6.07, 6.45) is 0.716. The van der Waals surface area contributed by atoms with E-state index in [1.807, 2.05) is 0 Å². The summed E-state index contributed by atoms with van der Waals surface area (Å²) in [6.45, 7) is 5.37. The fraction of sp³-hybridized carbons (Fsp3) is 0.500. The predicted octanol–water partition coefficient (Wildman–Crippen LogP) is 1.75. The molecular weight excluding hydrogens is 237 g/mol. The highest BCUT2D eigenvalue weighted by Gasteiger charge is 2.20. The van der Waals surface area contributed by atoms with E-state index in [0.717, 1.165) is 0 Å². The Morgan fingerprint density at radius 1 is 1.61 bits per heavy atom. The van der Waals surface area contributed by atoms with E-state index in [9.17, 15) is 9.18 Å². The first-order valence-corrected chi connectivity index (χ1v) is 5.63. The molecular formula is C12H18FN3O2. The van der Waals surface area contributed by atoms with Gasteiger partial charge in [-0.15, -0.1) is 0 Å². The minimum absolute atomic E-state index is 0.107. The maximum absolute atomic E-state index is 13.0. The van der Waals surface area contributed by atoms with Crippen molar-refractivity contribution < 1.29 is 13.9 Å². The van der Waals surface area contributed by atoms with Gasteiger partial charge in [-0.2, -0.15) is 0 Å². The van der Waals surface area contributed by atoms with Crippen LogP contribution in [0.1, 0.15) is 32.5 Å². The zero-order valence-corrected chi connectivity index (χ0v) is 10.7. The van der Waals surface area contributed by atoms with Crippen LogP contribution in [0.25, 0.3) is 0 Å². The lowest BCUT2D eigenvalue weighted by molar-refractivity contribution is 0.0504. The summed E-state index contributed by atoms with van der Waals surface area (Å²) < 4.78 is 18.1. The van der Waals surface area contributed by atoms with Crippen LogP contribution in [0, 0.1) is 5.82 Å². The van der Waals surface area contributed by atoms with Crippen LogP contribution in [0.3, 0.4) is 0 Å². The quantitative estimate of drug-likeness (QED) is 0.862. The monoisotopic (exact) mass is 255 g/mol. The maximum Gasteiger partial charge on any atom is 0.408 e. The number of amides is 1. The third-order valence-electron chi connectivity index (χ3n) is 2.03. The van der Waals surface area contributed by atoms with Crippen molar-refractivity contribution in [3.63, 3.8) is 0 Å². The number of hydrogen-bond donors (Lipinski definition) is 2. The van der Waals surface area contributed by atoms with Crippen LogP contribution in [0.5, 0.6) is 0 Å². The molecule has 1 aromatic heterocycles. The number of aromatic nitrogens is 1. The molecule has 0 radical (unpaired) electrons. The molecule has 1 unspecified atom stereocenters. The Balaban J connectivity index is 2.71. The smallest absolute Gasteiger partial charge is 0.408 e. The molecule has 1 rings (SSSR count). The van der Waals surface area contributed by atoms with Crippen LogP contribution in [0.15, 0.2) is 18.3 Å². The van der Waals surface area contributed by atoms with Crippen LogP contribution < -0.4 is 11.1 Å². The van der Waals surface area contributed by atoms with Gasteiger partial charge in [-0.25, -0.2) is 9.18 Å². The van der Waals surface area contributed by atoms with E-state index in [1.54, 1.807) is 20.8 Å². The number of rotatable bonds is 3. The molecule has 0 saturated heterocycles. The molecule has 0 spiro atoms. The summed E-state index contributed by atoms with van der Waals surface area (Å²) in [7, 11) is 0. The van der Waals surface area contributed by atoms with Gasteiger partial charge >= 0.3 is 6.09 Å². The van der Waals surface area contributed by atoms with Gasteiger partial charge in [0.25, 0.3) is 0 Å². The van der Waals surface area contributed by atoms with Gasteiger partial charge in [-0.1, -0.05) is 0 Å². The number of halogens is 1. The molecule has 0 aromatic carbocycles. The van der Waals surface area contributed by atoms with Gasteiger partial charge in [0.2, 0.25) is 0 Å². The van der Waals surface area contributed by atoms with Gasteiger partial charge in [0.05, 0.1) is 11.7 Å². The third kappa shape index (κ3) is 4.67. The van der Waals surface area contributed by atoms with Crippen molar-refractivity contribution in [2.24, 2.45) is 5.73 Å². The van der Waals surface area contributed by atoms with Crippen LogP contribution in [0.2, 0.25) is 0 Å². The first-order valence-electron chi connectivity index (χ1n) is 5.63. The maximum atomic E-state index is 13.0. The first kappa shape index (κ1) is 14.4. The summed E-state index contributed by atoms with van der Waals surface area (Å²) in [5.41, 5.74) is 5.30. The fourth-order valence-corrected chi connectivity index (χ4v) is 1.32. The third-order valence-corrected chi connectivity index (χ3v) is 2.03. The van der Waals surface area contributed by atoms with Crippen molar-refractivity contribution in [1.29, 1.82) is 0 Å². The number of carbonyl (C=O) groups excluding carboxylic acids is 1. The molecule has 5 nitrogen and oxygen atoms in total. The first-order chi connectivity index (χ1) is 8.31. The lowest BCUT2D eigenvalue weighted by atomic mass is 10.2. The normalized spacial score (nSPS) is 12.9. The Kier molecular flexibility index (Phi) is 4.61. The molecule has 1 atom stereocenters. The van der Waals surface area contributed by atoms with Crippen molar-refractivity contribution in [1.82, 2.24) is 10.3 Å². The summed E-state index contributed by atoms with van der Waals surface area (Å²) in [6, 6.07) is 1.88. The van der Waals surface area contributed by atoms with Gasteiger partial charge in [0.1, 0.15) is 11.4 Å². The summed E-state index contributed by atoms with van der Waals surface area (Å²) >= 11 is 0. The number of nitrogens with one attached hydrogen (secondary N) is 1. The van der Waals surface area contributed by atoms with Crippen LogP contribution in [-0.2, 0) is 4.74 Å². The van der Waals surface area contributed by atoms with Crippen molar-refractivity contribution >= 4 is 6.09 Å². The van der Waals surface area contributed by atoms with E-state index in [2.05, 4.69) is 10.3 Å². The van der Waals surface area contributed by atoms with Crippen molar-refractivity contribution in [3.8, 4) is 0 Å². The van der Waals surface area contributed by atoms with Gasteiger partial charge in [-0.05, 0) is 32.9 Å². The van der Waals surface area contributed by atoms with E-state index < -0.39 is 23.6 Å². The highest BCUT2D eigenvalue weighted by atomic mass is 19.1. The predicted molar refractivity (Wildman–Crippen MR) is 65.4 cm³/mol. The van der Waals surface area contributed by atoms with Crippen molar-refractivity contribution in [2.45, 2.75) is 32.4 Å². The second-order valence-corrected chi connectivity index (χ2v) is 4.83. The number of ether oxygens (including phenoxy) is 1. The van der Waals surface area contributed by atoms with E-state index >= 15 is 0 Å². The second kappa shape index (κ2) is 5.77. The van der Waals surface area contributed by atoms with Gasteiger partial charge in [0.15, 0.2) is 0 Å². The SMILES string of the molecule is CC(C)(C)OC(=O)NC(CN)c1cc(F)ccn1. The Bertz CT molecular complexity index is 418. The number of pyridine rings is 1. The average molecular weight is 255 g/mol. The molecule has 0 bridgehead atoms. The molecule has 1 heterocycles. The lowest BCUT2D eigenvalue weighted by Gasteiger charge is -2.22. The van der Waals surface area contributed by atoms with Gasteiger partial charge < -0.3 is 15.8 Å².